The highest BCUT2D eigenvalue weighted by Crippen LogP contribution is 2.27. The van der Waals surface area contributed by atoms with E-state index in [0.717, 1.165) is 12.0 Å². The van der Waals surface area contributed by atoms with Crippen molar-refractivity contribution in [2.24, 2.45) is 5.92 Å². The Balaban J connectivity index is 2.96. The standard InChI is InChI=1S/C13H20N2O2/c1-5-10(3)11(4)14-12-8-9(2)6-7-13(12)15(16)17/h6-8,10-11,14H,5H2,1-4H3. The molecule has 4 heteroatoms. The van der Waals surface area contributed by atoms with Crippen LogP contribution in [0.1, 0.15) is 32.8 Å². The Morgan fingerprint density at radius 1 is 1.41 bits per heavy atom. The van der Waals surface area contributed by atoms with E-state index >= 15 is 0 Å². The molecule has 0 spiro atoms. The number of nitrogens with zero attached hydrogens (tertiary/aromatic N) is 1. The van der Waals surface area contributed by atoms with E-state index in [-0.39, 0.29) is 16.7 Å². The average Bonchev–Trinajstić information content (AvgIpc) is 2.27. The lowest BCUT2D eigenvalue weighted by molar-refractivity contribution is -0.384. The third-order valence-corrected chi connectivity index (χ3v) is 3.23. The first-order chi connectivity index (χ1) is 7.95. The third-order valence-electron chi connectivity index (χ3n) is 3.23. The van der Waals surface area contributed by atoms with Crippen LogP contribution < -0.4 is 5.32 Å². The number of nitro groups is 1. The number of benzene rings is 1. The second-order valence-corrected chi connectivity index (χ2v) is 4.60. The predicted molar refractivity (Wildman–Crippen MR) is 70.4 cm³/mol. The summed E-state index contributed by atoms with van der Waals surface area (Å²) in [6, 6.07) is 5.37. The molecule has 0 aliphatic rings. The van der Waals surface area contributed by atoms with Gasteiger partial charge in [-0.2, -0.15) is 0 Å². The first-order valence-corrected chi connectivity index (χ1v) is 5.97. The fraction of sp³-hybridized carbons (Fsp3) is 0.538. The van der Waals surface area contributed by atoms with E-state index in [9.17, 15) is 10.1 Å². The second-order valence-electron chi connectivity index (χ2n) is 4.60. The molecule has 2 unspecified atom stereocenters. The molecule has 0 saturated heterocycles. The number of anilines is 1. The van der Waals surface area contributed by atoms with E-state index in [2.05, 4.69) is 26.1 Å². The van der Waals surface area contributed by atoms with E-state index in [1.807, 2.05) is 13.0 Å². The van der Waals surface area contributed by atoms with Crippen molar-refractivity contribution in [3.8, 4) is 0 Å². The predicted octanol–water partition coefficient (Wildman–Crippen LogP) is 3.75. The first kappa shape index (κ1) is 13.5. The van der Waals surface area contributed by atoms with Crippen LogP contribution in [0.15, 0.2) is 18.2 Å². The van der Waals surface area contributed by atoms with Gasteiger partial charge in [0.25, 0.3) is 5.69 Å². The van der Waals surface area contributed by atoms with Gasteiger partial charge in [0.05, 0.1) is 4.92 Å². The summed E-state index contributed by atoms with van der Waals surface area (Å²) in [4.78, 5) is 10.6. The normalized spacial score (nSPS) is 14.1. The lowest BCUT2D eigenvalue weighted by Gasteiger charge is -2.21. The van der Waals surface area contributed by atoms with Crippen molar-refractivity contribution >= 4 is 11.4 Å². The molecule has 0 aromatic heterocycles. The van der Waals surface area contributed by atoms with Crippen molar-refractivity contribution < 1.29 is 4.92 Å². The first-order valence-electron chi connectivity index (χ1n) is 5.97. The van der Waals surface area contributed by atoms with Crippen molar-refractivity contribution in [1.29, 1.82) is 0 Å². The number of aryl methyl sites for hydroxylation is 1. The third kappa shape index (κ3) is 3.44. The minimum Gasteiger partial charge on any atom is -0.377 e. The van der Waals surface area contributed by atoms with E-state index < -0.39 is 0 Å². The fourth-order valence-electron chi connectivity index (χ4n) is 1.67. The highest BCUT2D eigenvalue weighted by molar-refractivity contribution is 5.63. The van der Waals surface area contributed by atoms with Gasteiger partial charge in [0.1, 0.15) is 5.69 Å². The number of nitro benzene ring substituents is 1. The lowest BCUT2D eigenvalue weighted by atomic mass is 10.0. The SMILES string of the molecule is CCC(C)C(C)Nc1cc(C)ccc1[N+](=O)[O-]. The molecular weight excluding hydrogens is 216 g/mol. The molecular formula is C13H20N2O2. The molecule has 94 valence electrons. The molecule has 0 heterocycles. The molecule has 1 rings (SSSR count). The maximum absolute atomic E-state index is 10.9. The summed E-state index contributed by atoms with van der Waals surface area (Å²) in [7, 11) is 0. The van der Waals surface area contributed by atoms with Gasteiger partial charge in [0.2, 0.25) is 0 Å². The van der Waals surface area contributed by atoms with Crippen molar-refractivity contribution in [3.63, 3.8) is 0 Å². The zero-order valence-corrected chi connectivity index (χ0v) is 10.9. The molecule has 4 nitrogen and oxygen atoms in total. The lowest BCUT2D eigenvalue weighted by Crippen LogP contribution is -2.23. The Hall–Kier alpha value is -1.58. The van der Waals surface area contributed by atoms with Crippen LogP contribution in [-0.4, -0.2) is 11.0 Å². The largest absolute Gasteiger partial charge is 0.377 e. The second kappa shape index (κ2) is 5.66. The van der Waals surface area contributed by atoms with Gasteiger partial charge in [-0.1, -0.05) is 26.3 Å². The van der Waals surface area contributed by atoms with Crippen molar-refractivity contribution in [1.82, 2.24) is 0 Å². The number of rotatable bonds is 5. The Labute approximate surface area is 102 Å². The van der Waals surface area contributed by atoms with Crippen LogP contribution in [0.3, 0.4) is 0 Å². The van der Waals surface area contributed by atoms with Gasteiger partial charge < -0.3 is 5.32 Å². The summed E-state index contributed by atoms with van der Waals surface area (Å²) >= 11 is 0. The van der Waals surface area contributed by atoms with E-state index in [1.165, 1.54) is 0 Å². The van der Waals surface area contributed by atoms with Gasteiger partial charge in [0.15, 0.2) is 0 Å². The smallest absolute Gasteiger partial charge is 0.292 e. The summed E-state index contributed by atoms with van der Waals surface area (Å²) in [6.07, 6.45) is 1.05. The van der Waals surface area contributed by atoms with Crippen LogP contribution in [0.5, 0.6) is 0 Å². The van der Waals surface area contributed by atoms with Crippen LogP contribution >= 0.6 is 0 Å². The van der Waals surface area contributed by atoms with Gasteiger partial charge in [-0.25, -0.2) is 0 Å². The Morgan fingerprint density at radius 2 is 2.06 bits per heavy atom. The van der Waals surface area contributed by atoms with Gasteiger partial charge in [-0.15, -0.1) is 0 Å². The summed E-state index contributed by atoms with van der Waals surface area (Å²) < 4.78 is 0. The molecule has 17 heavy (non-hydrogen) atoms. The highest BCUT2D eigenvalue weighted by atomic mass is 16.6. The molecule has 0 amide bonds. The summed E-state index contributed by atoms with van der Waals surface area (Å²) in [5.74, 6) is 0.482. The molecule has 0 aliphatic carbocycles. The van der Waals surface area contributed by atoms with Crippen molar-refractivity contribution in [3.05, 3.63) is 33.9 Å². The van der Waals surface area contributed by atoms with Crippen LogP contribution in [0, 0.1) is 23.0 Å². The zero-order chi connectivity index (χ0) is 13.0. The van der Waals surface area contributed by atoms with E-state index in [1.54, 1.807) is 12.1 Å². The molecule has 1 aromatic carbocycles. The van der Waals surface area contributed by atoms with Crippen LogP contribution in [0.25, 0.3) is 0 Å². The average molecular weight is 236 g/mol. The molecule has 0 aliphatic heterocycles. The van der Waals surface area contributed by atoms with Gasteiger partial charge in [-0.3, -0.25) is 10.1 Å². The summed E-state index contributed by atoms with van der Waals surface area (Å²) in [6.45, 7) is 8.25. The fourth-order valence-corrected chi connectivity index (χ4v) is 1.67. The van der Waals surface area contributed by atoms with Gasteiger partial charge >= 0.3 is 0 Å². The summed E-state index contributed by atoms with van der Waals surface area (Å²) in [5, 5.41) is 14.2. The van der Waals surface area contributed by atoms with Crippen molar-refractivity contribution in [2.45, 2.75) is 40.2 Å². The number of nitrogens with one attached hydrogen (secondary N) is 1. The molecule has 0 bridgehead atoms. The zero-order valence-electron chi connectivity index (χ0n) is 10.9. The molecule has 0 fully saturated rings. The van der Waals surface area contributed by atoms with Crippen LogP contribution in [0.2, 0.25) is 0 Å². The molecule has 0 radical (unpaired) electrons. The topological polar surface area (TPSA) is 55.2 Å². The quantitative estimate of drug-likeness (QED) is 0.625. The van der Waals surface area contributed by atoms with Crippen LogP contribution in [-0.2, 0) is 0 Å². The maximum Gasteiger partial charge on any atom is 0.292 e. The Morgan fingerprint density at radius 3 is 2.59 bits per heavy atom. The molecule has 1 aromatic rings. The van der Waals surface area contributed by atoms with Gasteiger partial charge in [0, 0.05) is 12.1 Å². The maximum atomic E-state index is 10.9. The molecule has 2 atom stereocenters. The monoisotopic (exact) mass is 236 g/mol. The molecule has 1 N–H and O–H groups in total. The number of hydrogen-bond donors (Lipinski definition) is 1. The summed E-state index contributed by atoms with van der Waals surface area (Å²) in [5.41, 5.74) is 1.78. The van der Waals surface area contributed by atoms with Crippen LogP contribution in [0.4, 0.5) is 11.4 Å². The highest BCUT2D eigenvalue weighted by Gasteiger charge is 2.17. The van der Waals surface area contributed by atoms with E-state index in [4.69, 9.17) is 0 Å². The van der Waals surface area contributed by atoms with E-state index in [0.29, 0.717) is 11.6 Å². The molecule has 0 saturated carbocycles. The minimum atomic E-state index is -0.342. The Bertz CT molecular complexity index is 404. The van der Waals surface area contributed by atoms with Gasteiger partial charge in [-0.05, 0) is 31.4 Å². The van der Waals surface area contributed by atoms with Crippen molar-refractivity contribution in [2.75, 3.05) is 5.32 Å². The Kier molecular flexibility index (Phi) is 4.49. The minimum absolute atomic E-state index is 0.144. The number of hydrogen-bond acceptors (Lipinski definition) is 3.